The average molecular weight is 348 g/mol. The van der Waals surface area contributed by atoms with Crippen molar-refractivity contribution in [2.45, 2.75) is 13.3 Å². The molecule has 0 atom stereocenters. The molecule has 0 radical (unpaired) electrons. The smallest absolute Gasteiger partial charge is 0.307 e. The van der Waals surface area contributed by atoms with E-state index in [-0.39, 0.29) is 31.4 Å². The molecule has 110 valence electrons. The van der Waals surface area contributed by atoms with Crippen LogP contribution in [-0.2, 0) is 14.3 Å². The molecule has 0 fully saturated rings. The predicted octanol–water partition coefficient (Wildman–Crippen LogP) is 2.04. The molecular weight excluding hydrogens is 333 g/mol. The minimum absolute atomic E-state index is 0.111. The van der Waals surface area contributed by atoms with Gasteiger partial charge in [0.2, 0.25) is 0 Å². The lowest BCUT2D eigenvalue weighted by Crippen LogP contribution is -2.31. The Kier molecular flexibility index (Phi) is 7.00. The lowest BCUT2D eigenvalue weighted by molar-refractivity contribution is -0.143. The molecule has 1 aromatic carbocycles. The average Bonchev–Trinajstić information content (AvgIpc) is 2.38. The van der Waals surface area contributed by atoms with Gasteiger partial charge in [-0.05, 0) is 41.1 Å². The van der Waals surface area contributed by atoms with Crippen LogP contribution in [0.3, 0.4) is 0 Å². The van der Waals surface area contributed by atoms with Gasteiger partial charge in [0.25, 0.3) is 5.91 Å². The Hall–Kier alpha value is -1.63. The summed E-state index contributed by atoms with van der Waals surface area (Å²) in [4.78, 5) is 22.5. The van der Waals surface area contributed by atoms with E-state index in [0.717, 1.165) is 0 Å². The van der Waals surface area contributed by atoms with Crippen molar-refractivity contribution in [1.82, 2.24) is 5.32 Å². The number of hydrogen-bond acceptors (Lipinski definition) is 4. The zero-order chi connectivity index (χ0) is 15.0. The van der Waals surface area contributed by atoms with Crippen LogP contribution in [0.2, 0.25) is 0 Å². The van der Waals surface area contributed by atoms with Gasteiger partial charge in [0.05, 0.1) is 17.5 Å². The van der Waals surface area contributed by atoms with Gasteiger partial charge in [-0.2, -0.15) is 0 Å². The molecule has 0 saturated heterocycles. The standard InChI is InChI=1S/C13H15BrFNO4/c1-2-19-13(18)5-6-16-12(17)8-20-11-4-3-9(15)7-10(11)14/h3-4,7H,2,5-6,8H2,1H3,(H,16,17). The van der Waals surface area contributed by atoms with Crippen molar-refractivity contribution < 1.29 is 23.5 Å². The van der Waals surface area contributed by atoms with Gasteiger partial charge in [0.15, 0.2) is 6.61 Å². The molecule has 0 spiro atoms. The van der Waals surface area contributed by atoms with Crippen LogP contribution in [0.25, 0.3) is 0 Å². The third kappa shape index (κ3) is 6.01. The van der Waals surface area contributed by atoms with Crippen molar-refractivity contribution in [2.24, 2.45) is 0 Å². The Morgan fingerprint density at radius 1 is 1.40 bits per heavy atom. The number of carbonyl (C=O) groups is 2. The fourth-order valence-electron chi connectivity index (χ4n) is 1.32. The van der Waals surface area contributed by atoms with Crippen molar-refractivity contribution in [1.29, 1.82) is 0 Å². The second kappa shape index (κ2) is 8.52. The molecule has 20 heavy (non-hydrogen) atoms. The van der Waals surface area contributed by atoms with Crippen molar-refractivity contribution in [3.05, 3.63) is 28.5 Å². The molecule has 0 bridgehead atoms. The minimum Gasteiger partial charge on any atom is -0.483 e. The van der Waals surface area contributed by atoms with Crippen LogP contribution in [-0.4, -0.2) is 31.6 Å². The van der Waals surface area contributed by atoms with Crippen LogP contribution >= 0.6 is 15.9 Å². The monoisotopic (exact) mass is 347 g/mol. The van der Waals surface area contributed by atoms with Gasteiger partial charge in [-0.3, -0.25) is 9.59 Å². The topological polar surface area (TPSA) is 64.6 Å². The van der Waals surface area contributed by atoms with Crippen LogP contribution in [0, 0.1) is 5.82 Å². The predicted molar refractivity (Wildman–Crippen MR) is 73.9 cm³/mol. The van der Waals surface area contributed by atoms with E-state index in [1.54, 1.807) is 6.92 Å². The summed E-state index contributed by atoms with van der Waals surface area (Å²) < 4.78 is 23.2. The second-order valence-electron chi connectivity index (χ2n) is 3.77. The summed E-state index contributed by atoms with van der Waals surface area (Å²) in [6.45, 7) is 2.00. The fourth-order valence-corrected chi connectivity index (χ4v) is 1.79. The van der Waals surface area contributed by atoms with Gasteiger partial charge >= 0.3 is 5.97 Å². The van der Waals surface area contributed by atoms with Gasteiger partial charge in [-0.25, -0.2) is 4.39 Å². The van der Waals surface area contributed by atoms with Gasteiger partial charge in [-0.15, -0.1) is 0 Å². The van der Waals surface area contributed by atoms with Crippen molar-refractivity contribution in [3.8, 4) is 5.75 Å². The Balaban J connectivity index is 2.28. The quantitative estimate of drug-likeness (QED) is 0.766. The van der Waals surface area contributed by atoms with Gasteiger partial charge in [0.1, 0.15) is 11.6 Å². The number of carbonyl (C=O) groups excluding carboxylic acids is 2. The van der Waals surface area contributed by atoms with Gasteiger partial charge in [0, 0.05) is 6.54 Å². The number of hydrogen-bond donors (Lipinski definition) is 1. The number of amides is 1. The molecule has 0 unspecified atom stereocenters. The molecule has 1 aromatic rings. The number of nitrogens with one attached hydrogen (secondary N) is 1. The number of benzene rings is 1. The Labute approximate surface area is 124 Å². The summed E-state index contributed by atoms with van der Waals surface area (Å²) in [5.74, 6) is -0.768. The van der Waals surface area contributed by atoms with E-state index < -0.39 is 5.82 Å². The Morgan fingerprint density at radius 3 is 2.80 bits per heavy atom. The Bertz CT molecular complexity index is 481. The minimum atomic E-state index is -0.400. The van der Waals surface area contributed by atoms with Crippen LogP contribution in [0.4, 0.5) is 4.39 Å². The van der Waals surface area contributed by atoms with E-state index >= 15 is 0 Å². The van der Waals surface area contributed by atoms with E-state index in [2.05, 4.69) is 21.2 Å². The first-order chi connectivity index (χ1) is 9.52. The maximum absolute atomic E-state index is 12.8. The molecule has 0 heterocycles. The summed E-state index contributed by atoms with van der Waals surface area (Å²) in [5, 5.41) is 2.52. The highest BCUT2D eigenvalue weighted by Gasteiger charge is 2.07. The first-order valence-corrected chi connectivity index (χ1v) is 6.82. The SMILES string of the molecule is CCOC(=O)CCNC(=O)COc1ccc(F)cc1Br. The molecule has 0 saturated carbocycles. The van der Waals surface area contributed by atoms with Crippen LogP contribution in [0.5, 0.6) is 5.75 Å². The number of halogens is 2. The largest absolute Gasteiger partial charge is 0.483 e. The number of ether oxygens (including phenoxy) is 2. The third-order valence-corrected chi connectivity index (χ3v) is 2.83. The van der Waals surface area contributed by atoms with E-state index in [4.69, 9.17) is 9.47 Å². The first-order valence-electron chi connectivity index (χ1n) is 6.03. The van der Waals surface area contributed by atoms with Gasteiger partial charge < -0.3 is 14.8 Å². The molecule has 0 aromatic heterocycles. The van der Waals surface area contributed by atoms with E-state index in [1.807, 2.05) is 0 Å². The maximum atomic E-state index is 12.8. The molecular formula is C13H15BrFNO4. The maximum Gasteiger partial charge on any atom is 0.307 e. The normalized spacial score (nSPS) is 9.95. The lowest BCUT2D eigenvalue weighted by atomic mass is 10.3. The molecule has 1 N–H and O–H groups in total. The molecule has 0 aliphatic heterocycles. The zero-order valence-corrected chi connectivity index (χ0v) is 12.5. The van der Waals surface area contributed by atoms with E-state index in [9.17, 15) is 14.0 Å². The van der Waals surface area contributed by atoms with Crippen LogP contribution in [0.1, 0.15) is 13.3 Å². The summed E-state index contributed by atoms with van der Waals surface area (Å²) in [6.07, 6.45) is 0.111. The summed E-state index contributed by atoms with van der Waals surface area (Å²) in [6, 6.07) is 3.90. The molecule has 5 nitrogen and oxygen atoms in total. The lowest BCUT2D eigenvalue weighted by Gasteiger charge is -2.08. The highest BCUT2D eigenvalue weighted by atomic mass is 79.9. The summed E-state index contributed by atoms with van der Waals surface area (Å²) in [7, 11) is 0. The molecule has 1 amide bonds. The highest BCUT2D eigenvalue weighted by Crippen LogP contribution is 2.25. The molecule has 1 rings (SSSR count). The molecule has 7 heteroatoms. The van der Waals surface area contributed by atoms with Crippen molar-refractivity contribution in [3.63, 3.8) is 0 Å². The second-order valence-corrected chi connectivity index (χ2v) is 4.62. The van der Waals surface area contributed by atoms with Crippen molar-refractivity contribution in [2.75, 3.05) is 19.8 Å². The molecule has 0 aliphatic rings. The van der Waals surface area contributed by atoms with E-state index in [1.165, 1.54) is 18.2 Å². The number of rotatable bonds is 7. The van der Waals surface area contributed by atoms with Gasteiger partial charge in [-0.1, -0.05) is 0 Å². The zero-order valence-electron chi connectivity index (χ0n) is 10.9. The van der Waals surface area contributed by atoms with E-state index in [0.29, 0.717) is 16.8 Å². The number of esters is 1. The Morgan fingerprint density at radius 2 is 2.15 bits per heavy atom. The third-order valence-electron chi connectivity index (χ3n) is 2.21. The molecule has 0 aliphatic carbocycles. The van der Waals surface area contributed by atoms with Crippen LogP contribution in [0.15, 0.2) is 22.7 Å². The van der Waals surface area contributed by atoms with Crippen molar-refractivity contribution >= 4 is 27.8 Å². The highest BCUT2D eigenvalue weighted by molar-refractivity contribution is 9.10. The summed E-state index contributed by atoms with van der Waals surface area (Å²) >= 11 is 3.13. The first kappa shape index (κ1) is 16.4. The summed E-state index contributed by atoms with van der Waals surface area (Å²) in [5.41, 5.74) is 0. The fraction of sp³-hybridized carbons (Fsp3) is 0.385. The van der Waals surface area contributed by atoms with Crippen LogP contribution < -0.4 is 10.1 Å².